The van der Waals surface area contributed by atoms with Crippen LogP contribution in [-0.2, 0) is 11.8 Å². The van der Waals surface area contributed by atoms with Gasteiger partial charge in [-0.2, -0.15) is 13.2 Å². The Bertz CT molecular complexity index is 807. The Hall–Kier alpha value is -2.56. The van der Waals surface area contributed by atoms with Gasteiger partial charge in [0, 0.05) is 12.6 Å². The zero-order chi connectivity index (χ0) is 19.3. The van der Waals surface area contributed by atoms with E-state index in [0.717, 1.165) is 22.9 Å². The molecule has 0 fully saturated rings. The zero-order valence-corrected chi connectivity index (χ0v) is 14.7. The van der Waals surface area contributed by atoms with Crippen LogP contribution in [0.3, 0.4) is 0 Å². The van der Waals surface area contributed by atoms with Gasteiger partial charge in [0.15, 0.2) is 11.0 Å². The van der Waals surface area contributed by atoms with E-state index in [2.05, 4.69) is 10.2 Å². The topological polar surface area (TPSA) is 88.9 Å². The highest BCUT2D eigenvalue weighted by Gasteiger charge is 2.28. The molecule has 0 radical (unpaired) electrons. The van der Waals surface area contributed by atoms with E-state index < -0.39 is 24.7 Å². The smallest absolute Gasteiger partial charge is 0.329 e. The lowest BCUT2D eigenvalue weighted by Crippen LogP contribution is -2.43. The van der Waals surface area contributed by atoms with E-state index in [1.54, 1.807) is 16.9 Å². The van der Waals surface area contributed by atoms with Crippen molar-refractivity contribution >= 4 is 23.7 Å². The number of nitrogens with one attached hydrogen (secondary N) is 2. The standard InChI is InChI=1S/C15H16F3N5O2S/c1-9-5-3-4-6-10(9)12-21-22-14(23(12)2)26-7-11(24)20-13(25)19-8-15(16,17)18/h3-6H,7-8H2,1-2H3,(H2,19,20,24,25). The van der Waals surface area contributed by atoms with Crippen molar-refractivity contribution in [3.05, 3.63) is 29.8 Å². The second-order valence-corrected chi connectivity index (χ2v) is 6.26. The van der Waals surface area contributed by atoms with Crippen LogP contribution >= 0.6 is 11.8 Å². The van der Waals surface area contributed by atoms with Crippen LogP contribution in [0.2, 0.25) is 0 Å². The highest BCUT2D eigenvalue weighted by molar-refractivity contribution is 7.99. The molecule has 0 bridgehead atoms. The molecule has 7 nitrogen and oxygen atoms in total. The zero-order valence-electron chi connectivity index (χ0n) is 13.9. The number of alkyl halides is 3. The Balaban J connectivity index is 1.91. The molecule has 0 atom stereocenters. The van der Waals surface area contributed by atoms with Gasteiger partial charge in [-0.3, -0.25) is 10.1 Å². The molecule has 2 rings (SSSR count). The van der Waals surface area contributed by atoms with E-state index in [1.807, 2.05) is 36.5 Å². The predicted octanol–water partition coefficient (Wildman–Crippen LogP) is 2.27. The summed E-state index contributed by atoms with van der Waals surface area (Å²) in [5.41, 5.74) is 1.91. The summed E-state index contributed by atoms with van der Waals surface area (Å²) in [4.78, 5) is 22.9. The second-order valence-electron chi connectivity index (χ2n) is 5.31. The number of hydrogen-bond acceptors (Lipinski definition) is 5. The predicted molar refractivity (Wildman–Crippen MR) is 89.5 cm³/mol. The van der Waals surface area contributed by atoms with E-state index in [0.29, 0.717) is 11.0 Å². The lowest BCUT2D eigenvalue weighted by molar-refractivity contribution is -0.124. The first-order valence-corrected chi connectivity index (χ1v) is 8.38. The normalized spacial score (nSPS) is 11.3. The van der Waals surface area contributed by atoms with Crippen molar-refractivity contribution in [2.45, 2.75) is 18.3 Å². The molecule has 0 saturated carbocycles. The molecule has 0 spiro atoms. The molecule has 26 heavy (non-hydrogen) atoms. The molecule has 11 heteroatoms. The van der Waals surface area contributed by atoms with Gasteiger partial charge in [0.1, 0.15) is 6.54 Å². The second kappa shape index (κ2) is 8.21. The molecule has 3 amide bonds. The fraction of sp³-hybridized carbons (Fsp3) is 0.333. The average molecular weight is 387 g/mol. The summed E-state index contributed by atoms with van der Waals surface area (Å²) < 4.78 is 37.7. The van der Waals surface area contributed by atoms with Crippen molar-refractivity contribution in [2.24, 2.45) is 7.05 Å². The van der Waals surface area contributed by atoms with Gasteiger partial charge >= 0.3 is 12.2 Å². The molecule has 0 aliphatic rings. The monoisotopic (exact) mass is 387 g/mol. The largest absolute Gasteiger partial charge is 0.405 e. The third-order valence-corrected chi connectivity index (χ3v) is 4.28. The van der Waals surface area contributed by atoms with E-state index in [1.165, 1.54) is 0 Å². The first kappa shape index (κ1) is 19.8. The number of hydrogen-bond donors (Lipinski definition) is 2. The fourth-order valence-corrected chi connectivity index (χ4v) is 2.73. The lowest BCUT2D eigenvalue weighted by Gasteiger charge is -2.09. The first-order valence-electron chi connectivity index (χ1n) is 7.40. The SMILES string of the molecule is Cc1ccccc1-c1nnc(SCC(=O)NC(=O)NCC(F)(F)F)n1C. The average Bonchev–Trinajstić information content (AvgIpc) is 2.92. The third-order valence-electron chi connectivity index (χ3n) is 3.26. The molecule has 0 aliphatic heterocycles. The molecular formula is C15H16F3N5O2S. The summed E-state index contributed by atoms with van der Waals surface area (Å²) in [5.74, 6) is -0.317. The van der Waals surface area contributed by atoms with Gasteiger partial charge in [-0.1, -0.05) is 36.0 Å². The van der Waals surface area contributed by atoms with Gasteiger partial charge in [-0.05, 0) is 12.5 Å². The number of urea groups is 1. The number of aryl methyl sites for hydroxylation is 1. The van der Waals surface area contributed by atoms with Crippen LogP contribution < -0.4 is 10.6 Å². The summed E-state index contributed by atoms with van der Waals surface area (Å²) in [7, 11) is 1.73. The Morgan fingerprint density at radius 3 is 2.58 bits per heavy atom. The molecule has 0 aliphatic carbocycles. The van der Waals surface area contributed by atoms with Crippen molar-refractivity contribution < 1.29 is 22.8 Å². The van der Waals surface area contributed by atoms with Crippen LogP contribution in [0.25, 0.3) is 11.4 Å². The van der Waals surface area contributed by atoms with Gasteiger partial charge in [-0.25, -0.2) is 4.79 Å². The Morgan fingerprint density at radius 2 is 1.92 bits per heavy atom. The summed E-state index contributed by atoms with van der Waals surface area (Å²) in [6.45, 7) is 0.423. The van der Waals surface area contributed by atoms with Crippen LogP contribution in [0.15, 0.2) is 29.4 Å². The highest BCUT2D eigenvalue weighted by atomic mass is 32.2. The Labute approximate surface area is 151 Å². The fourth-order valence-electron chi connectivity index (χ4n) is 2.02. The molecular weight excluding hydrogens is 371 g/mol. The number of carbonyl (C=O) groups excluding carboxylic acids is 2. The molecule has 2 N–H and O–H groups in total. The van der Waals surface area contributed by atoms with Crippen LogP contribution in [0, 0.1) is 6.92 Å². The number of rotatable bonds is 5. The van der Waals surface area contributed by atoms with Crippen molar-refractivity contribution in [3.63, 3.8) is 0 Å². The van der Waals surface area contributed by atoms with E-state index in [9.17, 15) is 22.8 Å². The van der Waals surface area contributed by atoms with Gasteiger partial charge < -0.3 is 9.88 Å². The number of amides is 3. The minimum absolute atomic E-state index is 0.195. The van der Waals surface area contributed by atoms with Gasteiger partial charge in [0.25, 0.3) is 0 Å². The van der Waals surface area contributed by atoms with E-state index in [4.69, 9.17) is 0 Å². The van der Waals surface area contributed by atoms with E-state index >= 15 is 0 Å². The molecule has 1 heterocycles. The summed E-state index contributed by atoms with van der Waals surface area (Å²) >= 11 is 1.02. The maximum absolute atomic E-state index is 12.0. The summed E-state index contributed by atoms with van der Waals surface area (Å²) in [5, 5.41) is 11.9. The molecule has 140 valence electrons. The molecule has 0 saturated heterocycles. The number of imide groups is 1. The maximum atomic E-state index is 12.0. The van der Waals surface area contributed by atoms with Crippen molar-refractivity contribution in [3.8, 4) is 11.4 Å². The van der Waals surface area contributed by atoms with Gasteiger partial charge in [0.05, 0.1) is 5.75 Å². The van der Waals surface area contributed by atoms with Crippen LogP contribution in [0.1, 0.15) is 5.56 Å². The molecule has 1 aromatic heterocycles. The van der Waals surface area contributed by atoms with Crippen LogP contribution in [0.4, 0.5) is 18.0 Å². The first-order chi connectivity index (χ1) is 12.2. The van der Waals surface area contributed by atoms with Crippen molar-refractivity contribution in [2.75, 3.05) is 12.3 Å². The molecule has 1 aromatic carbocycles. The van der Waals surface area contributed by atoms with Crippen LogP contribution in [0.5, 0.6) is 0 Å². The highest BCUT2D eigenvalue weighted by Crippen LogP contribution is 2.24. The summed E-state index contributed by atoms with van der Waals surface area (Å²) in [6.07, 6.45) is -4.54. The Kier molecular flexibility index (Phi) is 6.24. The van der Waals surface area contributed by atoms with Crippen LogP contribution in [-0.4, -0.2) is 45.2 Å². The minimum atomic E-state index is -4.54. The van der Waals surface area contributed by atoms with Gasteiger partial charge in [0.2, 0.25) is 5.91 Å². The van der Waals surface area contributed by atoms with Crippen molar-refractivity contribution in [1.82, 2.24) is 25.4 Å². The quantitative estimate of drug-likeness (QED) is 0.769. The molecule has 2 aromatic rings. The Morgan fingerprint density at radius 1 is 1.23 bits per heavy atom. The lowest BCUT2D eigenvalue weighted by atomic mass is 10.1. The van der Waals surface area contributed by atoms with Crippen molar-refractivity contribution in [1.29, 1.82) is 0 Å². The molecule has 0 unspecified atom stereocenters. The number of carbonyl (C=O) groups is 2. The number of nitrogens with zero attached hydrogens (tertiary/aromatic N) is 3. The van der Waals surface area contributed by atoms with Gasteiger partial charge in [-0.15, -0.1) is 10.2 Å². The number of aromatic nitrogens is 3. The maximum Gasteiger partial charge on any atom is 0.405 e. The number of thioether (sulfide) groups is 1. The minimum Gasteiger partial charge on any atom is -0.329 e. The number of benzene rings is 1. The van der Waals surface area contributed by atoms with E-state index in [-0.39, 0.29) is 5.75 Å². The number of halogens is 3. The summed E-state index contributed by atoms with van der Waals surface area (Å²) in [6, 6.07) is 6.40. The third kappa shape index (κ3) is 5.48.